The molecule has 4 heteroatoms. The fourth-order valence-corrected chi connectivity index (χ4v) is 2.44. The fourth-order valence-electron chi connectivity index (χ4n) is 2.44. The number of aliphatic hydroxyl groups excluding tert-OH is 1. The number of hydrogen-bond donors (Lipinski definition) is 1. The second kappa shape index (κ2) is 3.57. The molecule has 2 heterocycles. The summed E-state index contributed by atoms with van der Waals surface area (Å²) in [5.41, 5.74) is 0.965. The van der Waals surface area contributed by atoms with Gasteiger partial charge in [0.1, 0.15) is 6.10 Å². The van der Waals surface area contributed by atoms with Crippen molar-refractivity contribution in [1.82, 2.24) is 4.90 Å². The molecule has 2 fully saturated rings. The summed E-state index contributed by atoms with van der Waals surface area (Å²) in [6.07, 6.45) is -0.682. The third kappa shape index (κ3) is 1.34. The highest BCUT2D eigenvalue weighted by Gasteiger charge is 2.47. The Balaban J connectivity index is 1.91. The smallest absolute Gasteiger partial charge is 0.254 e. The lowest BCUT2D eigenvalue weighted by Crippen LogP contribution is -2.33. The van der Waals surface area contributed by atoms with Crippen LogP contribution in [-0.4, -0.2) is 34.7 Å². The first-order valence-electron chi connectivity index (χ1n) is 5.44. The van der Waals surface area contributed by atoms with Gasteiger partial charge in [0.15, 0.2) is 6.23 Å². The maximum Gasteiger partial charge on any atom is 0.254 e. The average molecular weight is 219 g/mol. The third-order valence-electron chi connectivity index (χ3n) is 3.21. The number of rotatable bonds is 1. The zero-order chi connectivity index (χ0) is 11.1. The summed E-state index contributed by atoms with van der Waals surface area (Å²) in [6, 6.07) is 9.67. The summed E-state index contributed by atoms with van der Waals surface area (Å²) >= 11 is 0. The lowest BCUT2D eigenvalue weighted by molar-refractivity contribution is -0.140. The Bertz CT molecular complexity index is 406. The minimum atomic E-state index is -0.847. The first kappa shape index (κ1) is 9.81. The molecule has 84 valence electrons. The van der Waals surface area contributed by atoms with E-state index < -0.39 is 6.10 Å². The van der Waals surface area contributed by atoms with Gasteiger partial charge in [-0.05, 0) is 0 Å². The summed E-state index contributed by atoms with van der Waals surface area (Å²) in [7, 11) is 0. The first-order chi connectivity index (χ1) is 7.77. The molecule has 2 saturated heterocycles. The van der Waals surface area contributed by atoms with Gasteiger partial charge in [0.25, 0.3) is 5.91 Å². The first-order valence-corrected chi connectivity index (χ1v) is 5.44. The van der Waals surface area contributed by atoms with E-state index in [2.05, 4.69) is 0 Å². The molecule has 1 aromatic rings. The van der Waals surface area contributed by atoms with Crippen molar-refractivity contribution in [3.05, 3.63) is 35.9 Å². The molecule has 4 nitrogen and oxygen atoms in total. The molecular weight excluding hydrogens is 206 g/mol. The van der Waals surface area contributed by atoms with E-state index in [9.17, 15) is 9.90 Å². The Kier molecular flexibility index (Phi) is 2.19. The monoisotopic (exact) mass is 219 g/mol. The van der Waals surface area contributed by atoms with Gasteiger partial charge in [0.2, 0.25) is 0 Å². The highest BCUT2D eigenvalue weighted by Crippen LogP contribution is 2.37. The van der Waals surface area contributed by atoms with Crippen molar-refractivity contribution in [2.24, 2.45) is 0 Å². The maximum atomic E-state index is 11.8. The van der Waals surface area contributed by atoms with Crippen molar-refractivity contribution in [2.75, 3.05) is 6.61 Å². The topological polar surface area (TPSA) is 49.8 Å². The molecule has 2 aliphatic heterocycles. The van der Waals surface area contributed by atoms with Gasteiger partial charge in [-0.2, -0.15) is 0 Å². The normalized spacial score (nSPS) is 33.2. The molecule has 0 unspecified atom stereocenters. The molecule has 3 atom stereocenters. The summed E-state index contributed by atoms with van der Waals surface area (Å²) in [4.78, 5) is 13.4. The van der Waals surface area contributed by atoms with E-state index in [0.29, 0.717) is 13.0 Å². The number of amides is 1. The van der Waals surface area contributed by atoms with Crippen LogP contribution in [0.1, 0.15) is 18.2 Å². The highest BCUT2D eigenvalue weighted by atomic mass is 16.5. The van der Waals surface area contributed by atoms with Crippen LogP contribution >= 0.6 is 0 Å². The van der Waals surface area contributed by atoms with E-state index in [1.54, 1.807) is 4.90 Å². The van der Waals surface area contributed by atoms with E-state index in [1.165, 1.54) is 0 Å². The summed E-state index contributed by atoms with van der Waals surface area (Å²) < 4.78 is 5.62. The molecule has 1 aromatic carbocycles. The van der Waals surface area contributed by atoms with Gasteiger partial charge in [-0.25, -0.2) is 0 Å². The summed E-state index contributed by atoms with van der Waals surface area (Å²) in [5.74, 6) is -0.212. The van der Waals surface area contributed by atoms with Gasteiger partial charge in [-0.1, -0.05) is 30.3 Å². The summed E-state index contributed by atoms with van der Waals surface area (Å²) in [5, 5.41) is 9.52. The number of nitrogens with zero attached hydrogens (tertiary/aromatic N) is 1. The molecule has 0 aliphatic carbocycles. The standard InChI is InChI=1S/C12H13NO3/c14-10-6-9-7-16-12(13(9)11(10)15)8-4-2-1-3-5-8/h1-5,9-10,12,14H,6-7H2/t9-,10-,12+/m1/s1. The number of carbonyl (C=O) groups excluding carboxylic acids is 1. The number of ether oxygens (including phenoxy) is 1. The molecule has 2 aliphatic rings. The van der Waals surface area contributed by atoms with Gasteiger partial charge in [0.05, 0.1) is 12.6 Å². The Morgan fingerprint density at radius 2 is 2.06 bits per heavy atom. The average Bonchev–Trinajstić information content (AvgIpc) is 2.83. The molecule has 0 aromatic heterocycles. The number of hydrogen-bond acceptors (Lipinski definition) is 3. The van der Waals surface area contributed by atoms with Crippen LogP contribution in [0.25, 0.3) is 0 Å². The van der Waals surface area contributed by atoms with Crippen LogP contribution in [0, 0.1) is 0 Å². The second-order valence-corrected chi connectivity index (χ2v) is 4.25. The van der Waals surface area contributed by atoms with Crippen molar-refractivity contribution in [3.8, 4) is 0 Å². The minimum Gasteiger partial charge on any atom is -0.383 e. The van der Waals surface area contributed by atoms with Gasteiger partial charge < -0.3 is 14.7 Å². The Hall–Kier alpha value is -1.39. The van der Waals surface area contributed by atoms with E-state index in [-0.39, 0.29) is 18.2 Å². The van der Waals surface area contributed by atoms with Gasteiger partial charge >= 0.3 is 0 Å². The van der Waals surface area contributed by atoms with Crippen LogP contribution in [0.3, 0.4) is 0 Å². The zero-order valence-corrected chi connectivity index (χ0v) is 8.74. The van der Waals surface area contributed by atoms with Crippen molar-refractivity contribution in [2.45, 2.75) is 24.8 Å². The van der Waals surface area contributed by atoms with E-state index in [0.717, 1.165) is 5.56 Å². The number of benzene rings is 1. The van der Waals surface area contributed by atoms with E-state index >= 15 is 0 Å². The van der Waals surface area contributed by atoms with Crippen LogP contribution in [0.2, 0.25) is 0 Å². The highest BCUT2D eigenvalue weighted by molar-refractivity contribution is 5.84. The van der Waals surface area contributed by atoms with Crippen LogP contribution < -0.4 is 0 Å². The lowest BCUT2D eigenvalue weighted by atomic mass is 10.2. The van der Waals surface area contributed by atoms with Crippen LogP contribution in [0.4, 0.5) is 0 Å². The van der Waals surface area contributed by atoms with Crippen molar-refractivity contribution < 1.29 is 14.6 Å². The maximum absolute atomic E-state index is 11.8. The van der Waals surface area contributed by atoms with Gasteiger partial charge in [-0.15, -0.1) is 0 Å². The predicted molar refractivity (Wildman–Crippen MR) is 56.4 cm³/mol. The van der Waals surface area contributed by atoms with Crippen LogP contribution in [0.5, 0.6) is 0 Å². The van der Waals surface area contributed by atoms with E-state index in [1.807, 2.05) is 30.3 Å². The Morgan fingerprint density at radius 3 is 2.81 bits per heavy atom. The third-order valence-corrected chi connectivity index (χ3v) is 3.21. The van der Waals surface area contributed by atoms with E-state index in [4.69, 9.17) is 4.74 Å². The summed E-state index contributed by atoms with van der Waals surface area (Å²) in [6.45, 7) is 0.516. The molecule has 1 N–H and O–H groups in total. The molecule has 1 amide bonds. The van der Waals surface area contributed by atoms with Crippen molar-refractivity contribution in [1.29, 1.82) is 0 Å². The molecule has 0 radical (unpaired) electrons. The number of aliphatic hydroxyl groups is 1. The van der Waals surface area contributed by atoms with Gasteiger partial charge in [0, 0.05) is 12.0 Å². The van der Waals surface area contributed by atoms with Gasteiger partial charge in [-0.3, -0.25) is 4.79 Å². The molecular formula is C12H13NO3. The minimum absolute atomic E-state index is 0.0349. The Labute approximate surface area is 93.4 Å². The fraction of sp³-hybridized carbons (Fsp3) is 0.417. The molecule has 16 heavy (non-hydrogen) atoms. The van der Waals surface area contributed by atoms with Crippen molar-refractivity contribution >= 4 is 5.91 Å². The lowest BCUT2D eigenvalue weighted by Gasteiger charge is -2.22. The van der Waals surface area contributed by atoms with Crippen molar-refractivity contribution in [3.63, 3.8) is 0 Å². The molecule has 0 spiro atoms. The second-order valence-electron chi connectivity index (χ2n) is 4.25. The zero-order valence-electron chi connectivity index (χ0n) is 8.74. The predicted octanol–water partition coefficient (Wildman–Crippen LogP) is 0.677. The molecule has 0 saturated carbocycles. The quantitative estimate of drug-likeness (QED) is 0.755. The SMILES string of the molecule is O=C1[C@H](O)C[C@@H]2CO[C@@H](c3ccccc3)N12. The van der Waals surface area contributed by atoms with Crippen LogP contribution in [-0.2, 0) is 9.53 Å². The number of fused-ring (bicyclic) bond motifs is 1. The van der Waals surface area contributed by atoms with Crippen LogP contribution in [0.15, 0.2) is 30.3 Å². The number of carbonyl (C=O) groups is 1. The largest absolute Gasteiger partial charge is 0.383 e. The molecule has 3 rings (SSSR count). The Morgan fingerprint density at radius 1 is 1.31 bits per heavy atom. The molecule has 0 bridgehead atoms.